The number of benzene rings is 3. The molecule has 0 unspecified atom stereocenters. The fourth-order valence-electron chi connectivity index (χ4n) is 3.63. The van der Waals surface area contributed by atoms with Gasteiger partial charge in [-0.15, -0.1) is 0 Å². The molecule has 0 radical (unpaired) electrons. The first-order valence-electron chi connectivity index (χ1n) is 10.2. The van der Waals surface area contributed by atoms with Crippen LogP contribution in [0.1, 0.15) is 48.7 Å². The highest BCUT2D eigenvalue weighted by Gasteiger charge is 2.24. The van der Waals surface area contributed by atoms with Crippen LogP contribution in [0.2, 0.25) is 5.02 Å². The monoisotopic (exact) mass is 421 g/mol. The van der Waals surface area contributed by atoms with Crippen LogP contribution in [-0.4, -0.2) is 11.9 Å². The highest BCUT2D eigenvalue weighted by atomic mass is 35.5. The minimum absolute atomic E-state index is 0.0282. The molecule has 1 amide bonds. The molecule has 3 aromatic carbocycles. The lowest BCUT2D eigenvalue weighted by molar-refractivity contribution is 0.0934. The van der Waals surface area contributed by atoms with E-state index in [0.717, 1.165) is 12.0 Å². The summed E-state index contributed by atoms with van der Waals surface area (Å²) in [5, 5.41) is 3.78. The summed E-state index contributed by atoms with van der Waals surface area (Å²) in [6, 6.07) is 25.2. The van der Waals surface area contributed by atoms with Crippen LogP contribution >= 0.6 is 11.6 Å². The Hall–Kier alpha value is -2.78. The average molecular weight is 422 g/mol. The van der Waals surface area contributed by atoms with Gasteiger partial charge in [0.05, 0.1) is 0 Å². The minimum atomic E-state index is -0.102. The number of hydrogen-bond acceptors (Lipinski definition) is 2. The number of ether oxygens (including phenoxy) is 1. The summed E-state index contributed by atoms with van der Waals surface area (Å²) >= 11 is 6.18. The van der Waals surface area contributed by atoms with Gasteiger partial charge < -0.3 is 10.1 Å². The van der Waals surface area contributed by atoms with Crippen molar-refractivity contribution in [1.29, 1.82) is 0 Å². The van der Waals surface area contributed by atoms with Crippen LogP contribution in [0, 0.1) is 0 Å². The Bertz CT molecular complexity index is 985. The van der Waals surface area contributed by atoms with Crippen molar-refractivity contribution >= 4 is 17.5 Å². The predicted molar refractivity (Wildman–Crippen MR) is 123 cm³/mol. The summed E-state index contributed by atoms with van der Waals surface area (Å²) in [7, 11) is 0. The third kappa shape index (κ3) is 5.87. The van der Waals surface area contributed by atoms with E-state index in [9.17, 15) is 4.79 Å². The van der Waals surface area contributed by atoms with Gasteiger partial charge in [0.25, 0.3) is 5.91 Å². The van der Waals surface area contributed by atoms with E-state index in [1.165, 1.54) is 5.56 Å². The van der Waals surface area contributed by atoms with Gasteiger partial charge in [0.15, 0.2) is 0 Å². The van der Waals surface area contributed by atoms with Gasteiger partial charge in [0, 0.05) is 22.2 Å². The number of nitrogens with one attached hydrogen (secondary N) is 1. The predicted octanol–water partition coefficient (Wildman–Crippen LogP) is 6.41. The highest BCUT2D eigenvalue weighted by molar-refractivity contribution is 6.31. The zero-order valence-corrected chi connectivity index (χ0v) is 18.4. The highest BCUT2D eigenvalue weighted by Crippen LogP contribution is 2.28. The van der Waals surface area contributed by atoms with Crippen molar-refractivity contribution < 1.29 is 9.53 Å². The Labute approximate surface area is 184 Å². The number of carbonyl (C=O) groups excluding carboxylic acids is 1. The van der Waals surface area contributed by atoms with Crippen molar-refractivity contribution in [3.8, 4) is 5.75 Å². The van der Waals surface area contributed by atoms with Crippen LogP contribution in [0.4, 0.5) is 0 Å². The Morgan fingerprint density at radius 2 is 1.70 bits per heavy atom. The molecular formula is C26H28ClNO2. The molecule has 0 saturated heterocycles. The Balaban J connectivity index is 1.60. The molecule has 0 heterocycles. The topological polar surface area (TPSA) is 38.3 Å². The van der Waals surface area contributed by atoms with Crippen molar-refractivity contribution in [1.82, 2.24) is 5.32 Å². The van der Waals surface area contributed by atoms with Crippen molar-refractivity contribution in [3.63, 3.8) is 0 Å². The molecule has 30 heavy (non-hydrogen) atoms. The van der Waals surface area contributed by atoms with Crippen LogP contribution in [-0.2, 0) is 12.0 Å². The van der Waals surface area contributed by atoms with E-state index in [1.54, 1.807) is 12.1 Å². The summed E-state index contributed by atoms with van der Waals surface area (Å²) in [5.41, 5.74) is 2.72. The van der Waals surface area contributed by atoms with Crippen LogP contribution in [0.15, 0.2) is 78.9 Å². The van der Waals surface area contributed by atoms with E-state index in [0.29, 0.717) is 22.9 Å². The lowest BCUT2D eigenvalue weighted by atomic mass is 9.79. The third-order valence-corrected chi connectivity index (χ3v) is 5.57. The molecule has 3 aromatic rings. The fourth-order valence-corrected chi connectivity index (χ4v) is 3.82. The summed E-state index contributed by atoms with van der Waals surface area (Å²) in [6.07, 6.45) is 0.839. The molecule has 0 bridgehead atoms. The van der Waals surface area contributed by atoms with Crippen LogP contribution < -0.4 is 10.1 Å². The zero-order chi connectivity index (χ0) is 21.6. The largest absolute Gasteiger partial charge is 0.489 e. The van der Waals surface area contributed by atoms with E-state index in [2.05, 4.69) is 43.4 Å². The van der Waals surface area contributed by atoms with Crippen LogP contribution in [0.5, 0.6) is 5.75 Å². The van der Waals surface area contributed by atoms with Crippen molar-refractivity contribution in [2.24, 2.45) is 0 Å². The molecular weight excluding hydrogens is 394 g/mol. The molecule has 0 aliphatic rings. The molecule has 4 heteroatoms. The van der Waals surface area contributed by atoms with Crippen molar-refractivity contribution in [2.75, 3.05) is 0 Å². The van der Waals surface area contributed by atoms with Gasteiger partial charge in [-0.25, -0.2) is 0 Å². The average Bonchev–Trinajstić information content (AvgIpc) is 2.73. The number of halogens is 1. The molecule has 0 aliphatic carbocycles. The van der Waals surface area contributed by atoms with Gasteiger partial charge in [0.1, 0.15) is 12.4 Å². The maximum absolute atomic E-state index is 12.8. The second-order valence-electron chi connectivity index (χ2n) is 8.24. The summed E-state index contributed by atoms with van der Waals surface area (Å²) in [4.78, 5) is 12.8. The molecule has 0 aromatic heterocycles. The lowest BCUT2D eigenvalue weighted by Crippen LogP contribution is -2.37. The molecule has 3 nitrogen and oxygen atoms in total. The third-order valence-electron chi connectivity index (χ3n) is 5.20. The fraction of sp³-hybridized carbons (Fsp3) is 0.269. The van der Waals surface area contributed by atoms with E-state index in [-0.39, 0.29) is 17.4 Å². The van der Waals surface area contributed by atoms with Gasteiger partial charge in [-0.3, -0.25) is 4.79 Å². The number of rotatable bonds is 8. The Morgan fingerprint density at radius 3 is 2.43 bits per heavy atom. The first kappa shape index (κ1) is 21.9. The SMILES string of the molecule is C[C@@H](CC(C)(C)c1ccccc1)NC(=O)c1cccc(OCc2ccccc2Cl)c1. The zero-order valence-electron chi connectivity index (χ0n) is 17.7. The summed E-state index contributed by atoms with van der Waals surface area (Å²) < 4.78 is 5.84. The normalized spacial score (nSPS) is 12.3. The van der Waals surface area contributed by atoms with Crippen molar-refractivity contribution in [3.05, 3.63) is 101 Å². The van der Waals surface area contributed by atoms with E-state index < -0.39 is 0 Å². The van der Waals surface area contributed by atoms with Gasteiger partial charge in [-0.2, -0.15) is 0 Å². The Morgan fingerprint density at radius 1 is 1.00 bits per heavy atom. The number of hydrogen-bond donors (Lipinski definition) is 1. The molecule has 1 atom stereocenters. The van der Waals surface area contributed by atoms with Gasteiger partial charge in [-0.05, 0) is 48.6 Å². The molecule has 1 N–H and O–H groups in total. The van der Waals surface area contributed by atoms with E-state index >= 15 is 0 Å². The maximum atomic E-state index is 12.8. The quantitative estimate of drug-likeness (QED) is 0.456. The van der Waals surface area contributed by atoms with E-state index in [1.807, 2.05) is 49.4 Å². The van der Waals surface area contributed by atoms with Gasteiger partial charge in [-0.1, -0.05) is 80.0 Å². The van der Waals surface area contributed by atoms with E-state index in [4.69, 9.17) is 16.3 Å². The first-order chi connectivity index (χ1) is 14.3. The molecule has 3 rings (SSSR count). The van der Waals surface area contributed by atoms with Crippen molar-refractivity contribution in [2.45, 2.75) is 45.3 Å². The maximum Gasteiger partial charge on any atom is 0.251 e. The Kier molecular flexibility index (Phi) is 7.17. The molecule has 0 aliphatic heterocycles. The second kappa shape index (κ2) is 9.82. The number of amides is 1. The standard InChI is InChI=1S/C26H28ClNO2/c1-19(17-26(2,3)22-12-5-4-6-13-22)28-25(29)20-11-9-14-23(16-20)30-18-21-10-7-8-15-24(21)27/h4-16,19H,17-18H2,1-3H3,(H,28,29)/t19-/m0/s1. The number of carbonyl (C=O) groups is 1. The first-order valence-corrected chi connectivity index (χ1v) is 10.6. The molecule has 0 fully saturated rings. The molecule has 0 saturated carbocycles. The summed E-state index contributed by atoms with van der Waals surface area (Å²) in [6.45, 7) is 6.80. The van der Waals surface area contributed by atoms with Gasteiger partial charge >= 0.3 is 0 Å². The molecule has 0 spiro atoms. The van der Waals surface area contributed by atoms with Gasteiger partial charge in [0.2, 0.25) is 0 Å². The molecule has 156 valence electrons. The second-order valence-corrected chi connectivity index (χ2v) is 8.64. The smallest absolute Gasteiger partial charge is 0.251 e. The lowest BCUT2D eigenvalue weighted by Gasteiger charge is -2.29. The minimum Gasteiger partial charge on any atom is -0.489 e. The van der Waals surface area contributed by atoms with Crippen LogP contribution in [0.3, 0.4) is 0 Å². The summed E-state index contributed by atoms with van der Waals surface area (Å²) in [5.74, 6) is 0.536. The van der Waals surface area contributed by atoms with Crippen LogP contribution in [0.25, 0.3) is 0 Å².